The fourth-order valence-corrected chi connectivity index (χ4v) is 4.34. The van der Waals surface area contributed by atoms with Gasteiger partial charge in [-0.1, -0.05) is 42.5 Å². The van der Waals surface area contributed by atoms with Crippen LogP contribution in [0.4, 0.5) is 13.2 Å². The summed E-state index contributed by atoms with van der Waals surface area (Å²) in [7, 11) is 0. The van der Waals surface area contributed by atoms with Crippen LogP contribution in [-0.4, -0.2) is 41.4 Å². The maximum atomic E-state index is 14.6. The summed E-state index contributed by atoms with van der Waals surface area (Å²) in [4.78, 5) is 2.28. The highest BCUT2D eigenvalue weighted by Gasteiger charge is 2.28. The molecule has 2 heterocycles. The molecule has 1 saturated heterocycles. The Labute approximate surface area is 189 Å². The number of hydrogen-bond donors (Lipinski definition) is 1. The van der Waals surface area contributed by atoms with Crippen molar-refractivity contribution < 1.29 is 17.9 Å². The smallest absolute Gasteiger partial charge is 0.159 e. The molecule has 1 fully saturated rings. The first kappa shape index (κ1) is 21.4. The van der Waals surface area contributed by atoms with E-state index in [1.54, 1.807) is 30.5 Å². The second kappa shape index (κ2) is 9.21. The molecule has 0 bridgehead atoms. The van der Waals surface area contributed by atoms with Gasteiger partial charge in [0.2, 0.25) is 0 Å². The number of benzene rings is 3. The molecule has 0 saturated carbocycles. The first-order valence-electron chi connectivity index (χ1n) is 10.8. The minimum atomic E-state index is -0.879. The Kier molecular flexibility index (Phi) is 5.98. The van der Waals surface area contributed by atoms with Crippen molar-refractivity contribution in [1.29, 1.82) is 0 Å². The van der Waals surface area contributed by atoms with Crippen LogP contribution in [0.25, 0.3) is 22.4 Å². The van der Waals surface area contributed by atoms with Crippen molar-refractivity contribution in [1.82, 2.24) is 15.1 Å². The molecule has 1 atom stereocenters. The van der Waals surface area contributed by atoms with E-state index >= 15 is 0 Å². The quantitative estimate of drug-likeness (QED) is 0.432. The summed E-state index contributed by atoms with van der Waals surface area (Å²) >= 11 is 0. The maximum absolute atomic E-state index is 14.6. The van der Waals surface area contributed by atoms with Crippen LogP contribution in [0.3, 0.4) is 0 Å². The van der Waals surface area contributed by atoms with Crippen LogP contribution in [0.5, 0.6) is 0 Å². The predicted molar refractivity (Wildman–Crippen MR) is 120 cm³/mol. The summed E-state index contributed by atoms with van der Waals surface area (Å²) < 4.78 is 47.2. The molecular formula is C26H22F3N3O. The van der Waals surface area contributed by atoms with Gasteiger partial charge < -0.3 is 4.74 Å². The molecule has 4 aromatic rings. The number of nitrogens with one attached hydrogen (secondary N) is 1. The van der Waals surface area contributed by atoms with E-state index in [0.717, 1.165) is 35.8 Å². The minimum absolute atomic E-state index is 0.179. The lowest BCUT2D eigenvalue weighted by molar-refractivity contribution is 0.0240. The van der Waals surface area contributed by atoms with Gasteiger partial charge in [0.25, 0.3) is 0 Å². The number of ether oxygens (including phenoxy) is 1. The molecule has 33 heavy (non-hydrogen) atoms. The molecule has 7 heteroatoms. The number of halogens is 3. The molecule has 168 valence electrons. The van der Waals surface area contributed by atoms with Crippen molar-refractivity contribution in [2.45, 2.75) is 6.04 Å². The molecule has 1 N–H and O–H groups in total. The molecule has 5 rings (SSSR count). The average molecular weight is 449 g/mol. The van der Waals surface area contributed by atoms with Gasteiger partial charge in [-0.25, -0.2) is 13.2 Å². The van der Waals surface area contributed by atoms with Crippen LogP contribution in [0, 0.1) is 17.5 Å². The Balaban J connectivity index is 1.55. The van der Waals surface area contributed by atoms with Crippen LogP contribution in [-0.2, 0) is 4.74 Å². The third kappa shape index (κ3) is 4.29. The largest absolute Gasteiger partial charge is 0.379 e. The van der Waals surface area contributed by atoms with Gasteiger partial charge in [-0.15, -0.1) is 0 Å². The normalized spacial score (nSPS) is 15.5. The highest BCUT2D eigenvalue weighted by molar-refractivity contribution is 5.66. The Morgan fingerprint density at radius 2 is 1.55 bits per heavy atom. The standard InChI is InChI=1S/C26H22F3N3O/c27-22-4-2-1-3-20(22)25-21(16-30-31-25)26(32-11-13-33-14-12-32)18-7-5-17(6-8-18)19-9-10-23(28)24(29)15-19/h1-10,15-16,26H,11-14H2,(H,30,31). The van der Waals surface area contributed by atoms with E-state index in [1.165, 1.54) is 12.1 Å². The number of morpholine rings is 1. The first-order chi connectivity index (χ1) is 16.1. The number of nitrogens with zero attached hydrogens (tertiary/aromatic N) is 2. The summed E-state index contributed by atoms with van der Waals surface area (Å²) in [5.74, 6) is -2.07. The van der Waals surface area contributed by atoms with E-state index in [4.69, 9.17) is 4.74 Å². The Bertz CT molecular complexity index is 1250. The Morgan fingerprint density at radius 3 is 2.27 bits per heavy atom. The van der Waals surface area contributed by atoms with E-state index in [2.05, 4.69) is 15.1 Å². The van der Waals surface area contributed by atoms with E-state index in [9.17, 15) is 13.2 Å². The monoisotopic (exact) mass is 449 g/mol. The van der Waals surface area contributed by atoms with Crippen LogP contribution in [0.1, 0.15) is 17.2 Å². The molecule has 0 aliphatic carbocycles. The average Bonchev–Trinajstić information content (AvgIpc) is 3.31. The molecule has 0 radical (unpaired) electrons. The SMILES string of the molecule is Fc1ccc(-c2ccc(C(c3cn[nH]c3-c3ccccc3F)N3CCOCC3)cc2)cc1F. The zero-order valence-corrected chi connectivity index (χ0v) is 17.8. The molecule has 1 aromatic heterocycles. The number of hydrogen-bond acceptors (Lipinski definition) is 3. The van der Waals surface area contributed by atoms with Gasteiger partial charge >= 0.3 is 0 Å². The molecule has 1 unspecified atom stereocenters. The second-order valence-corrected chi connectivity index (χ2v) is 7.98. The lowest BCUT2D eigenvalue weighted by atomic mass is 9.93. The van der Waals surface area contributed by atoms with Crippen molar-refractivity contribution in [2.24, 2.45) is 0 Å². The fourth-order valence-electron chi connectivity index (χ4n) is 4.34. The minimum Gasteiger partial charge on any atom is -0.379 e. The third-order valence-electron chi connectivity index (χ3n) is 6.00. The van der Waals surface area contributed by atoms with Gasteiger partial charge in [0.05, 0.1) is 31.1 Å². The third-order valence-corrected chi connectivity index (χ3v) is 6.00. The molecule has 4 nitrogen and oxygen atoms in total. The highest BCUT2D eigenvalue weighted by atomic mass is 19.2. The molecule has 1 aliphatic heterocycles. The lowest BCUT2D eigenvalue weighted by Gasteiger charge is -2.35. The summed E-state index contributed by atoms with van der Waals surface area (Å²) in [5.41, 5.74) is 4.32. The summed E-state index contributed by atoms with van der Waals surface area (Å²) in [5, 5.41) is 7.21. The van der Waals surface area contributed by atoms with Gasteiger partial charge in [0, 0.05) is 24.2 Å². The van der Waals surface area contributed by atoms with Crippen molar-refractivity contribution in [3.8, 4) is 22.4 Å². The number of H-pyrrole nitrogens is 1. The summed E-state index contributed by atoms with van der Waals surface area (Å²) in [6.07, 6.45) is 1.74. The Hall–Kier alpha value is -3.42. The topological polar surface area (TPSA) is 41.2 Å². The van der Waals surface area contributed by atoms with Crippen LogP contribution in [0.2, 0.25) is 0 Å². The molecule has 3 aromatic carbocycles. The van der Waals surface area contributed by atoms with E-state index in [0.29, 0.717) is 30.0 Å². The fraction of sp³-hybridized carbons (Fsp3) is 0.192. The van der Waals surface area contributed by atoms with Gasteiger partial charge in [0.15, 0.2) is 11.6 Å². The first-order valence-corrected chi connectivity index (χ1v) is 10.8. The van der Waals surface area contributed by atoms with Gasteiger partial charge in [0.1, 0.15) is 5.82 Å². The van der Waals surface area contributed by atoms with Crippen molar-refractivity contribution in [2.75, 3.05) is 26.3 Å². The predicted octanol–water partition coefficient (Wildman–Crippen LogP) is 5.58. The zero-order chi connectivity index (χ0) is 22.8. The molecule has 1 aliphatic rings. The number of aromatic amines is 1. The molecule has 0 spiro atoms. The number of rotatable bonds is 5. The van der Waals surface area contributed by atoms with Crippen LogP contribution < -0.4 is 0 Å². The van der Waals surface area contributed by atoms with Gasteiger partial charge in [-0.2, -0.15) is 5.10 Å². The summed E-state index contributed by atoms with van der Waals surface area (Å²) in [6, 6.07) is 18.0. The summed E-state index contributed by atoms with van der Waals surface area (Å²) in [6.45, 7) is 2.65. The maximum Gasteiger partial charge on any atom is 0.159 e. The van der Waals surface area contributed by atoms with Crippen LogP contribution in [0.15, 0.2) is 72.9 Å². The molecule has 0 amide bonds. The van der Waals surface area contributed by atoms with Gasteiger partial charge in [-0.05, 0) is 41.0 Å². The van der Waals surface area contributed by atoms with Crippen molar-refractivity contribution in [3.05, 3.63) is 102 Å². The van der Waals surface area contributed by atoms with Gasteiger partial charge in [-0.3, -0.25) is 10.00 Å². The van der Waals surface area contributed by atoms with E-state index in [1.807, 2.05) is 24.3 Å². The second-order valence-electron chi connectivity index (χ2n) is 7.98. The Morgan fingerprint density at radius 1 is 0.818 bits per heavy atom. The van der Waals surface area contributed by atoms with E-state index in [-0.39, 0.29) is 11.9 Å². The van der Waals surface area contributed by atoms with Crippen LogP contribution >= 0.6 is 0 Å². The zero-order valence-electron chi connectivity index (χ0n) is 17.8. The number of aromatic nitrogens is 2. The van der Waals surface area contributed by atoms with E-state index < -0.39 is 11.6 Å². The van der Waals surface area contributed by atoms with Crippen molar-refractivity contribution >= 4 is 0 Å². The van der Waals surface area contributed by atoms with Crippen molar-refractivity contribution in [3.63, 3.8) is 0 Å². The lowest BCUT2D eigenvalue weighted by Crippen LogP contribution is -2.39. The molecular weight excluding hydrogens is 427 g/mol. The highest BCUT2D eigenvalue weighted by Crippen LogP contribution is 2.36.